The molecule has 33 heavy (non-hydrogen) atoms. The monoisotopic (exact) mass is 449 g/mol. The molecule has 2 N–H and O–H groups in total. The van der Waals surface area contributed by atoms with Gasteiger partial charge in [0.1, 0.15) is 11.6 Å². The smallest absolute Gasteiger partial charge is 0.230 e. The molecule has 2 aliphatic heterocycles. The van der Waals surface area contributed by atoms with E-state index in [1.807, 2.05) is 35.2 Å². The maximum atomic E-state index is 13.4. The Morgan fingerprint density at radius 1 is 1.12 bits per heavy atom. The average molecular weight is 450 g/mol. The summed E-state index contributed by atoms with van der Waals surface area (Å²) >= 11 is 0. The van der Waals surface area contributed by atoms with Gasteiger partial charge in [-0.1, -0.05) is 43.2 Å². The molecule has 8 nitrogen and oxygen atoms in total. The number of furan rings is 1. The average Bonchev–Trinajstić information content (AvgIpc) is 3.52. The van der Waals surface area contributed by atoms with Crippen LogP contribution in [-0.2, 0) is 22.6 Å². The summed E-state index contributed by atoms with van der Waals surface area (Å²) < 4.78 is 5.27. The minimum Gasteiger partial charge on any atom is -0.467 e. The second-order valence-corrected chi connectivity index (χ2v) is 9.02. The van der Waals surface area contributed by atoms with E-state index in [1.165, 1.54) is 5.56 Å². The third-order valence-electron chi connectivity index (χ3n) is 6.95. The van der Waals surface area contributed by atoms with Gasteiger partial charge in [-0.2, -0.15) is 5.10 Å². The molecule has 1 aromatic heterocycles. The van der Waals surface area contributed by atoms with Gasteiger partial charge in [0, 0.05) is 25.4 Å². The van der Waals surface area contributed by atoms with Crippen LogP contribution in [-0.4, -0.2) is 46.3 Å². The molecule has 2 fully saturated rings. The number of carbonyl (C=O) groups is 2. The Kier molecular flexibility index (Phi) is 6.32. The number of amides is 2. The van der Waals surface area contributed by atoms with Crippen molar-refractivity contribution in [2.45, 2.75) is 63.8 Å². The summed E-state index contributed by atoms with van der Waals surface area (Å²) in [5.74, 6) is 1.81. The van der Waals surface area contributed by atoms with E-state index in [-0.39, 0.29) is 30.1 Å². The summed E-state index contributed by atoms with van der Waals surface area (Å²) in [5, 5.41) is 7.49. The van der Waals surface area contributed by atoms with Gasteiger partial charge in [0.05, 0.1) is 18.7 Å². The van der Waals surface area contributed by atoms with Crippen molar-refractivity contribution in [2.24, 2.45) is 11.0 Å². The normalized spacial score (nSPS) is 24.1. The van der Waals surface area contributed by atoms with Crippen LogP contribution in [0.2, 0.25) is 0 Å². The zero-order chi connectivity index (χ0) is 22.6. The standard InChI is InChI=1S/C25H31N5O3/c31-23(26-17-19-9-6-16-33-19)13-12-22-27-28-25-29(15-14-18-7-2-1-3-8-18)24(32)20-10-4-5-11-21(20)30(22)25/h1-3,6-9,16,20-21,25,28H,4-5,10-15,17H2,(H,26,31). The zero-order valence-electron chi connectivity index (χ0n) is 18.8. The van der Waals surface area contributed by atoms with Crippen molar-refractivity contribution in [1.29, 1.82) is 0 Å². The molecule has 3 atom stereocenters. The molecular weight excluding hydrogens is 418 g/mol. The number of hydrogen-bond acceptors (Lipinski definition) is 6. The van der Waals surface area contributed by atoms with Crippen LogP contribution in [0.3, 0.4) is 0 Å². The fourth-order valence-corrected chi connectivity index (χ4v) is 5.28. The summed E-state index contributed by atoms with van der Waals surface area (Å²) in [6.45, 7) is 1.03. The number of nitrogens with one attached hydrogen (secondary N) is 2. The number of carbonyl (C=O) groups excluding carboxylic acids is 2. The molecule has 5 rings (SSSR count). The molecule has 3 unspecified atom stereocenters. The molecule has 0 radical (unpaired) electrons. The number of nitrogens with zero attached hydrogens (tertiary/aromatic N) is 3. The van der Waals surface area contributed by atoms with Crippen molar-refractivity contribution in [3.05, 3.63) is 60.1 Å². The first-order valence-electron chi connectivity index (χ1n) is 11.9. The Bertz CT molecular complexity index is 991. The van der Waals surface area contributed by atoms with E-state index >= 15 is 0 Å². The number of hydrazone groups is 1. The van der Waals surface area contributed by atoms with E-state index in [0.29, 0.717) is 25.9 Å². The van der Waals surface area contributed by atoms with Gasteiger partial charge in [-0.05, 0) is 37.0 Å². The van der Waals surface area contributed by atoms with Crippen LogP contribution in [0.25, 0.3) is 0 Å². The zero-order valence-corrected chi connectivity index (χ0v) is 18.8. The lowest BCUT2D eigenvalue weighted by Crippen LogP contribution is -2.67. The van der Waals surface area contributed by atoms with Crippen molar-refractivity contribution in [3.8, 4) is 0 Å². The fourth-order valence-electron chi connectivity index (χ4n) is 5.28. The van der Waals surface area contributed by atoms with Gasteiger partial charge in [0.15, 0.2) is 6.29 Å². The molecule has 1 aliphatic carbocycles. The van der Waals surface area contributed by atoms with Crippen LogP contribution in [0.15, 0.2) is 58.2 Å². The first kappa shape index (κ1) is 21.6. The summed E-state index contributed by atoms with van der Waals surface area (Å²) in [6, 6.07) is 14.1. The van der Waals surface area contributed by atoms with Gasteiger partial charge < -0.3 is 19.5 Å². The molecule has 2 aromatic rings. The van der Waals surface area contributed by atoms with Gasteiger partial charge in [0.2, 0.25) is 11.8 Å². The predicted molar refractivity (Wildman–Crippen MR) is 124 cm³/mol. The van der Waals surface area contributed by atoms with Crippen LogP contribution in [0, 0.1) is 5.92 Å². The molecule has 0 bridgehead atoms. The Morgan fingerprint density at radius 3 is 2.79 bits per heavy atom. The third-order valence-corrected chi connectivity index (χ3v) is 6.95. The highest BCUT2D eigenvalue weighted by Gasteiger charge is 2.50. The first-order chi connectivity index (χ1) is 16.2. The maximum Gasteiger partial charge on any atom is 0.230 e. The fraction of sp³-hybridized carbons (Fsp3) is 0.480. The molecule has 174 valence electrons. The van der Waals surface area contributed by atoms with Gasteiger partial charge in [-0.15, -0.1) is 0 Å². The SMILES string of the molecule is O=C(CCC1=NNC2N(CCc3ccccc3)C(=O)C3CCCCC3N12)NCc1ccco1. The predicted octanol–water partition coefficient (Wildman–Crippen LogP) is 2.82. The second kappa shape index (κ2) is 9.68. The lowest BCUT2D eigenvalue weighted by Gasteiger charge is -2.50. The summed E-state index contributed by atoms with van der Waals surface area (Å²) in [4.78, 5) is 30.1. The van der Waals surface area contributed by atoms with E-state index in [1.54, 1.807) is 6.26 Å². The molecule has 2 amide bonds. The van der Waals surface area contributed by atoms with E-state index in [9.17, 15) is 9.59 Å². The summed E-state index contributed by atoms with van der Waals surface area (Å²) in [6.07, 6.45) is 7.16. The Balaban J connectivity index is 1.24. The molecule has 1 aromatic carbocycles. The third kappa shape index (κ3) is 4.60. The van der Waals surface area contributed by atoms with Crippen molar-refractivity contribution in [2.75, 3.05) is 6.54 Å². The Morgan fingerprint density at radius 2 is 1.97 bits per heavy atom. The van der Waals surface area contributed by atoms with Crippen LogP contribution >= 0.6 is 0 Å². The van der Waals surface area contributed by atoms with Crippen LogP contribution in [0.4, 0.5) is 0 Å². The summed E-state index contributed by atoms with van der Waals surface area (Å²) in [5.41, 5.74) is 4.43. The lowest BCUT2D eigenvalue weighted by molar-refractivity contribution is -0.155. The van der Waals surface area contributed by atoms with Crippen molar-refractivity contribution < 1.29 is 14.0 Å². The molecule has 3 aliphatic rings. The molecule has 8 heteroatoms. The lowest BCUT2D eigenvalue weighted by atomic mass is 9.80. The topological polar surface area (TPSA) is 90.2 Å². The number of fused-ring (bicyclic) bond motifs is 3. The minimum absolute atomic E-state index is 0.00338. The second-order valence-electron chi connectivity index (χ2n) is 9.02. The van der Waals surface area contributed by atoms with Crippen molar-refractivity contribution >= 4 is 17.6 Å². The summed E-state index contributed by atoms with van der Waals surface area (Å²) in [7, 11) is 0. The molecule has 3 heterocycles. The van der Waals surface area contributed by atoms with E-state index in [2.05, 4.69) is 32.9 Å². The highest BCUT2D eigenvalue weighted by atomic mass is 16.3. The van der Waals surface area contributed by atoms with Crippen LogP contribution in [0.1, 0.15) is 49.8 Å². The maximum absolute atomic E-state index is 13.4. The Labute approximate surface area is 194 Å². The van der Waals surface area contributed by atoms with Gasteiger partial charge in [0.25, 0.3) is 0 Å². The quantitative estimate of drug-likeness (QED) is 0.647. The van der Waals surface area contributed by atoms with E-state index < -0.39 is 0 Å². The Hall–Kier alpha value is -3.29. The van der Waals surface area contributed by atoms with Gasteiger partial charge >= 0.3 is 0 Å². The van der Waals surface area contributed by atoms with Crippen molar-refractivity contribution in [3.63, 3.8) is 0 Å². The largest absolute Gasteiger partial charge is 0.467 e. The molecule has 1 saturated carbocycles. The van der Waals surface area contributed by atoms with E-state index in [4.69, 9.17) is 4.42 Å². The number of rotatable bonds is 8. The first-order valence-corrected chi connectivity index (χ1v) is 11.9. The molecular formula is C25H31N5O3. The number of amidine groups is 1. The number of hydrogen-bond donors (Lipinski definition) is 2. The van der Waals surface area contributed by atoms with Gasteiger partial charge in [-0.3, -0.25) is 15.0 Å². The number of benzene rings is 1. The van der Waals surface area contributed by atoms with Crippen LogP contribution in [0.5, 0.6) is 0 Å². The minimum atomic E-state index is -0.262. The van der Waals surface area contributed by atoms with Gasteiger partial charge in [-0.25, -0.2) is 0 Å². The molecule has 0 spiro atoms. The molecule has 1 saturated heterocycles. The highest BCUT2D eigenvalue weighted by Crippen LogP contribution is 2.37. The van der Waals surface area contributed by atoms with Crippen LogP contribution < -0.4 is 10.7 Å². The van der Waals surface area contributed by atoms with Crippen molar-refractivity contribution in [1.82, 2.24) is 20.5 Å². The highest BCUT2D eigenvalue weighted by molar-refractivity contribution is 5.91. The van der Waals surface area contributed by atoms with E-state index in [0.717, 1.165) is 43.7 Å².